The highest BCUT2D eigenvalue weighted by molar-refractivity contribution is 7.21. The maximum Gasteiger partial charge on any atom is 0.309 e. The maximum absolute atomic E-state index is 12.0. The molecule has 4 heterocycles. The van der Waals surface area contributed by atoms with Crippen molar-refractivity contribution in [2.45, 2.75) is 19.8 Å². The Balaban J connectivity index is 1.71. The SMILES string of the molecule is CCOC(=O)C1CCN(c2nc(-c3ccoc3)c3c(N)c(C(N)=O)sc3n2)CC1. The molecule has 10 heteroatoms. The van der Waals surface area contributed by atoms with Crippen molar-refractivity contribution in [3.63, 3.8) is 0 Å². The average molecular weight is 415 g/mol. The van der Waals surface area contributed by atoms with Crippen LogP contribution in [0, 0.1) is 5.92 Å². The lowest BCUT2D eigenvalue weighted by molar-refractivity contribution is -0.148. The van der Waals surface area contributed by atoms with Crippen LogP contribution in [0.2, 0.25) is 0 Å². The second kappa shape index (κ2) is 7.70. The number of nitrogens with zero attached hydrogens (tertiary/aromatic N) is 3. The number of amides is 1. The molecular formula is C19H21N5O4S. The number of thiophene rings is 1. The number of furan rings is 1. The summed E-state index contributed by atoms with van der Waals surface area (Å²) in [5.74, 6) is -0.337. The van der Waals surface area contributed by atoms with E-state index in [9.17, 15) is 9.59 Å². The van der Waals surface area contributed by atoms with E-state index in [0.717, 1.165) is 16.9 Å². The molecule has 0 unspecified atom stereocenters. The molecule has 0 spiro atoms. The number of primary amides is 1. The van der Waals surface area contributed by atoms with Gasteiger partial charge in [0.15, 0.2) is 0 Å². The van der Waals surface area contributed by atoms with E-state index in [2.05, 4.69) is 4.98 Å². The smallest absolute Gasteiger partial charge is 0.309 e. The minimum Gasteiger partial charge on any atom is -0.472 e. The van der Waals surface area contributed by atoms with Crippen molar-refractivity contribution < 1.29 is 18.7 Å². The van der Waals surface area contributed by atoms with Gasteiger partial charge in [-0.1, -0.05) is 0 Å². The lowest BCUT2D eigenvalue weighted by Gasteiger charge is -2.31. The quantitative estimate of drug-likeness (QED) is 0.606. The Morgan fingerprint density at radius 1 is 1.34 bits per heavy atom. The molecule has 4 N–H and O–H groups in total. The summed E-state index contributed by atoms with van der Waals surface area (Å²) in [6, 6.07) is 1.78. The fourth-order valence-electron chi connectivity index (χ4n) is 3.52. The van der Waals surface area contributed by atoms with Gasteiger partial charge in [0, 0.05) is 18.7 Å². The lowest BCUT2D eigenvalue weighted by atomic mass is 9.97. The molecule has 1 aliphatic heterocycles. The van der Waals surface area contributed by atoms with E-state index < -0.39 is 5.91 Å². The molecule has 0 atom stereocenters. The third-order valence-corrected chi connectivity index (χ3v) is 6.11. The topological polar surface area (TPSA) is 138 Å². The zero-order chi connectivity index (χ0) is 20.5. The number of ether oxygens (including phenoxy) is 1. The van der Waals surface area contributed by atoms with Crippen LogP contribution >= 0.6 is 11.3 Å². The van der Waals surface area contributed by atoms with Crippen LogP contribution in [0.3, 0.4) is 0 Å². The first kappa shape index (κ1) is 19.2. The molecule has 29 heavy (non-hydrogen) atoms. The minimum atomic E-state index is -0.597. The largest absolute Gasteiger partial charge is 0.472 e. The normalized spacial score (nSPS) is 15.0. The molecule has 1 saturated heterocycles. The van der Waals surface area contributed by atoms with Crippen molar-refractivity contribution in [3.05, 3.63) is 23.5 Å². The molecule has 4 rings (SSSR count). The number of carbonyl (C=O) groups is 2. The van der Waals surface area contributed by atoms with Crippen LogP contribution in [0.1, 0.15) is 29.4 Å². The highest BCUT2D eigenvalue weighted by Crippen LogP contribution is 2.39. The van der Waals surface area contributed by atoms with Crippen LogP contribution in [0.4, 0.5) is 11.6 Å². The summed E-state index contributed by atoms with van der Waals surface area (Å²) in [5.41, 5.74) is 13.3. The van der Waals surface area contributed by atoms with E-state index in [0.29, 0.717) is 54.4 Å². The summed E-state index contributed by atoms with van der Waals surface area (Å²) < 4.78 is 10.3. The highest BCUT2D eigenvalue weighted by Gasteiger charge is 2.29. The molecular weight excluding hydrogens is 394 g/mol. The number of anilines is 2. The number of aromatic nitrogens is 2. The molecule has 1 fully saturated rings. The van der Waals surface area contributed by atoms with Gasteiger partial charge in [0.25, 0.3) is 5.91 Å². The van der Waals surface area contributed by atoms with Crippen LogP contribution in [0.25, 0.3) is 21.5 Å². The molecule has 1 amide bonds. The van der Waals surface area contributed by atoms with E-state index in [4.69, 9.17) is 25.6 Å². The Hall–Kier alpha value is -3.14. The van der Waals surface area contributed by atoms with Crippen LogP contribution in [0.5, 0.6) is 0 Å². The predicted octanol–water partition coefficient (Wildman–Crippen LogP) is 2.41. The zero-order valence-corrected chi connectivity index (χ0v) is 16.7. The number of nitrogen functional groups attached to an aromatic ring is 1. The van der Waals surface area contributed by atoms with Crippen LogP contribution < -0.4 is 16.4 Å². The van der Waals surface area contributed by atoms with Gasteiger partial charge < -0.3 is 25.5 Å². The number of esters is 1. The highest BCUT2D eigenvalue weighted by atomic mass is 32.1. The summed E-state index contributed by atoms with van der Waals surface area (Å²) in [6.45, 7) is 3.45. The number of carbonyl (C=O) groups excluding carboxylic acids is 2. The number of hydrogen-bond acceptors (Lipinski definition) is 9. The summed E-state index contributed by atoms with van der Waals surface area (Å²) in [4.78, 5) is 36.0. The monoisotopic (exact) mass is 415 g/mol. The molecule has 0 radical (unpaired) electrons. The standard InChI is InChI=1S/C19H21N5O4S/c1-2-28-18(26)10-3-6-24(7-4-10)19-22-14(11-5-8-27-9-11)12-13(20)15(16(21)25)29-17(12)23-19/h5,8-10H,2-4,6-7,20H2,1H3,(H2,21,25). The van der Waals surface area contributed by atoms with Crippen molar-refractivity contribution in [2.75, 3.05) is 30.3 Å². The first-order valence-electron chi connectivity index (χ1n) is 9.33. The van der Waals surface area contributed by atoms with Gasteiger partial charge in [-0.05, 0) is 25.8 Å². The van der Waals surface area contributed by atoms with Gasteiger partial charge in [0.2, 0.25) is 5.95 Å². The number of hydrogen-bond donors (Lipinski definition) is 2. The summed E-state index contributed by atoms with van der Waals surface area (Å²) in [6.07, 6.45) is 4.45. The van der Waals surface area contributed by atoms with Crippen molar-refractivity contribution in [1.82, 2.24) is 9.97 Å². The number of fused-ring (bicyclic) bond motifs is 1. The number of nitrogens with two attached hydrogens (primary N) is 2. The van der Waals surface area contributed by atoms with Gasteiger partial charge in [-0.2, -0.15) is 0 Å². The van der Waals surface area contributed by atoms with Gasteiger partial charge >= 0.3 is 5.97 Å². The maximum atomic E-state index is 12.0. The van der Waals surface area contributed by atoms with Gasteiger partial charge in [0.1, 0.15) is 9.71 Å². The third-order valence-electron chi connectivity index (χ3n) is 4.99. The Labute approximate surface area is 170 Å². The van der Waals surface area contributed by atoms with Crippen molar-refractivity contribution in [1.29, 1.82) is 0 Å². The van der Waals surface area contributed by atoms with Gasteiger partial charge in [0.05, 0.1) is 41.8 Å². The second-order valence-corrected chi connectivity index (χ2v) is 7.79. The molecule has 152 valence electrons. The van der Waals surface area contributed by atoms with E-state index >= 15 is 0 Å². The van der Waals surface area contributed by atoms with Crippen molar-refractivity contribution in [2.24, 2.45) is 11.7 Å². The average Bonchev–Trinajstić information content (AvgIpc) is 3.36. The molecule has 1 aliphatic rings. The lowest BCUT2D eigenvalue weighted by Crippen LogP contribution is -2.37. The summed E-state index contributed by atoms with van der Waals surface area (Å²) >= 11 is 1.15. The molecule has 0 aliphatic carbocycles. The van der Waals surface area contributed by atoms with Crippen LogP contribution in [-0.2, 0) is 9.53 Å². The Bertz CT molecular complexity index is 1050. The van der Waals surface area contributed by atoms with Crippen molar-refractivity contribution in [3.8, 4) is 11.3 Å². The summed E-state index contributed by atoms with van der Waals surface area (Å²) in [5, 5.41) is 0.593. The molecule has 0 saturated carbocycles. The molecule has 0 aromatic carbocycles. The summed E-state index contributed by atoms with van der Waals surface area (Å²) in [7, 11) is 0. The van der Waals surface area contributed by atoms with E-state index in [1.165, 1.54) is 0 Å². The first-order chi connectivity index (χ1) is 14.0. The Morgan fingerprint density at radius 2 is 2.10 bits per heavy atom. The van der Waals surface area contributed by atoms with E-state index in [-0.39, 0.29) is 22.5 Å². The van der Waals surface area contributed by atoms with E-state index in [1.54, 1.807) is 25.5 Å². The van der Waals surface area contributed by atoms with Crippen LogP contribution in [0.15, 0.2) is 23.0 Å². The number of rotatable bonds is 5. The van der Waals surface area contributed by atoms with Gasteiger partial charge in [-0.3, -0.25) is 9.59 Å². The van der Waals surface area contributed by atoms with Gasteiger partial charge in [-0.25, -0.2) is 9.97 Å². The predicted molar refractivity (Wildman–Crippen MR) is 110 cm³/mol. The van der Waals surface area contributed by atoms with Crippen LogP contribution in [-0.4, -0.2) is 41.5 Å². The van der Waals surface area contributed by atoms with Crippen molar-refractivity contribution >= 4 is 45.1 Å². The zero-order valence-electron chi connectivity index (χ0n) is 15.9. The Morgan fingerprint density at radius 3 is 2.72 bits per heavy atom. The molecule has 3 aromatic heterocycles. The second-order valence-electron chi connectivity index (χ2n) is 6.79. The molecule has 0 bridgehead atoms. The molecule has 3 aromatic rings. The first-order valence-corrected chi connectivity index (χ1v) is 10.1. The fraction of sp³-hybridized carbons (Fsp3) is 0.368. The van der Waals surface area contributed by atoms with Gasteiger partial charge in [-0.15, -0.1) is 11.3 Å². The fourth-order valence-corrected chi connectivity index (χ4v) is 4.46. The molecule has 9 nitrogen and oxygen atoms in total. The Kier molecular flexibility index (Phi) is 5.10. The third kappa shape index (κ3) is 3.51. The number of piperidine rings is 1. The minimum absolute atomic E-state index is 0.109. The van der Waals surface area contributed by atoms with E-state index in [1.807, 2.05) is 4.90 Å².